The minimum Gasteiger partial charge on any atom is -0.340 e. The molecule has 2 fully saturated rings. The van der Waals surface area contributed by atoms with E-state index >= 15 is 0 Å². The van der Waals surface area contributed by atoms with Crippen molar-refractivity contribution in [2.45, 2.75) is 49.9 Å². The first-order chi connectivity index (χ1) is 28.2. The minimum atomic E-state index is -0.345. The number of nitrogens with one attached hydrogen (secondary N) is 2. The Hall–Kier alpha value is -6.28. The van der Waals surface area contributed by atoms with E-state index in [-0.39, 0.29) is 36.0 Å². The second kappa shape index (κ2) is 17.1. The zero-order chi connectivity index (χ0) is 40.2. The van der Waals surface area contributed by atoms with Gasteiger partial charge in [-0.1, -0.05) is 96.8 Å². The Bertz CT molecular complexity index is 2220. The highest BCUT2D eigenvalue weighted by Gasteiger charge is 2.38. The Morgan fingerprint density at radius 3 is 1.33 bits per heavy atom. The fraction of sp³-hybridized carbons (Fsp3) is 0.292. The fourth-order valence-electron chi connectivity index (χ4n) is 8.45. The van der Waals surface area contributed by atoms with E-state index in [4.69, 9.17) is 9.97 Å². The Morgan fingerprint density at radius 1 is 0.586 bits per heavy atom. The van der Waals surface area contributed by atoms with Gasteiger partial charge in [-0.15, -0.1) is 0 Å². The third-order valence-electron chi connectivity index (χ3n) is 11.4. The van der Waals surface area contributed by atoms with Crippen molar-refractivity contribution in [1.82, 2.24) is 39.5 Å². The SMILES string of the molecule is CN(C)[C@@H](C(=O)N1CCC[C@H]1c1ncc(-c2ccc(C#Cc3ccc(-c4cnc([C@@H]5CCCN5C(=O)[C@@H](c5ccccc5)N(C)C)[nH]4)cc3)cc2)[nH]1)c1ccccc1. The third kappa shape index (κ3) is 8.10. The summed E-state index contributed by atoms with van der Waals surface area (Å²) in [6, 6.07) is 35.4. The van der Waals surface area contributed by atoms with Crippen LogP contribution in [0.15, 0.2) is 122 Å². The number of aromatic nitrogens is 4. The second-order valence-corrected chi connectivity index (χ2v) is 15.7. The molecule has 10 nitrogen and oxygen atoms in total. The maximum absolute atomic E-state index is 13.9. The maximum atomic E-state index is 13.9. The van der Waals surface area contributed by atoms with Crippen molar-refractivity contribution in [3.8, 4) is 34.4 Å². The van der Waals surface area contributed by atoms with Crippen LogP contribution >= 0.6 is 0 Å². The molecule has 4 atom stereocenters. The average molecular weight is 771 g/mol. The van der Waals surface area contributed by atoms with Crippen molar-refractivity contribution in [1.29, 1.82) is 0 Å². The number of carbonyl (C=O) groups excluding carboxylic acids is 2. The molecule has 4 aromatic carbocycles. The van der Waals surface area contributed by atoms with Crippen LogP contribution in [0.25, 0.3) is 22.5 Å². The van der Waals surface area contributed by atoms with E-state index in [1.54, 1.807) is 0 Å². The highest BCUT2D eigenvalue weighted by atomic mass is 16.2. The van der Waals surface area contributed by atoms with Gasteiger partial charge in [0, 0.05) is 24.2 Å². The van der Waals surface area contributed by atoms with Gasteiger partial charge in [-0.25, -0.2) is 9.97 Å². The number of likely N-dealkylation sites (tertiary alicyclic amines) is 2. The molecule has 2 aliphatic rings. The molecular weight excluding hydrogens is 721 g/mol. The van der Waals surface area contributed by atoms with Gasteiger partial charge in [-0.2, -0.15) is 0 Å². The number of H-pyrrole nitrogens is 2. The summed E-state index contributed by atoms with van der Waals surface area (Å²) in [5, 5.41) is 0. The van der Waals surface area contributed by atoms with Gasteiger partial charge < -0.3 is 19.8 Å². The summed E-state index contributed by atoms with van der Waals surface area (Å²) in [7, 11) is 7.82. The van der Waals surface area contributed by atoms with Gasteiger partial charge in [-0.05, 0) is 100 Å². The van der Waals surface area contributed by atoms with E-state index in [0.717, 1.165) is 82.1 Å². The van der Waals surface area contributed by atoms with Crippen LogP contribution in [0.5, 0.6) is 0 Å². The van der Waals surface area contributed by atoms with Gasteiger partial charge in [0.05, 0.1) is 35.9 Å². The first kappa shape index (κ1) is 38.6. The summed E-state index contributed by atoms with van der Waals surface area (Å²) in [4.78, 5) is 52.3. The first-order valence-corrected chi connectivity index (χ1v) is 20.1. The second-order valence-electron chi connectivity index (χ2n) is 15.7. The highest BCUT2D eigenvalue weighted by Crippen LogP contribution is 2.36. The molecule has 0 spiro atoms. The number of nitrogens with zero attached hydrogens (tertiary/aromatic N) is 6. The predicted molar refractivity (Wildman–Crippen MR) is 227 cm³/mol. The summed E-state index contributed by atoms with van der Waals surface area (Å²) in [5.74, 6) is 8.44. The molecule has 8 rings (SSSR count). The van der Waals surface area contributed by atoms with Gasteiger partial charge in [0.1, 0.15) is 23.7 Å². The van der Waals surface area contributed by atoms with Gasteiger partial charge >= 0.3 is 0 Å². The molecule has 2 aliphatic heterocycles. The highest BCUT2D eigenvalue weighted by molar-refractivity contribution is 5.84. The van der Waals surface area contributed by atoms with Crippen LogP contribution in [0.4, 0.5) is 0 Å². The molecule has 0 bridgehead atoms. The number of amides is 2. The van der Waals surface area contributed by atoms with Crippen molar-refractivity contribution < 1.29 is 9.59 Å². The Morgan fingerprint density at radius 2 is 0.966 bits per heavy atom. The van der Waals surface area contributed by atoms with E-state index in [0.29, 0.717) is 13.1 Å². The van der Waals surface area contributed by atoms with Crippen molar-refractivity contribution in [3.63, 3.8) is 0 Å². The Balaban J connectivity index is 0.902. The summed E-state index contributed by atoms with van der Waals surface area (Å²) in [5.41, 5.74) is 7.66. The standard InChI is InChI=1S/C48H50N8O2/c1-53(2)43(37-13-7-5-8-14-37)47(57)55-29-11-17-41(55)45-49-31-39(51-45)35-25-21-33(22-26-35)19-20-34-23-27-36(28-24-34)40-32-50-46(52-40)42-18-12-30-56(42)48(58)44(54(3)4)38-15-9-6-10-16-38/h5-10,13-16,21-28,31-32,41-44H,11-12,17-18,29-30H2,1-4H3,(H,49,51)(H,50,52)/t41-,42-,43+,44+/m0/s1. The van der Waals surface area contributed by atoms with Crippen LogP contribution in [-0.4, -0.2) is 92.6 Å². The summed E-state index contributed by atoms with van der Waals surface area (Å²) >= 11 is 0. The van der Waals surface area contributed by atoms with Crippen LogP contribution in [-0.2, 0) is 9.59 Å². The van der Waals surface area contributed by atoms with Gasteiger partial charge in [0.25, 0.3) is 0 Å². The number of benzene rings is 4. The molecule has 2 saturated heterocycles. The largest absolute Gasteiger partial charge is 0.340 e. The maximum Gasteiger partial charge on any atom is 0.245 e. The molecular formula is C48H50N8O2. The molecule has 58 heavy (non-hydrogen) atoms. The first-order valence-electron chi connectivity index (χ1n) is 20.1. The van der Waals surface area contributed by atoms with E-state index in [9.17, 15) is 9.59 Å². The lowest BCUT2D eigenvalue weighted by Gasteiger charge is -2.31. The summed E-state index contributed by atoms with van der Waals surface area (Å²) in [6.07, 6.45) is 7.35. The average Bonchev–Trinajstić information content (AvgIpc) is 4.08. The lowest BCUT2D eigenvalue weighted by Crippen LogP contribution is -2.40. The third-order valence-corrected chi connectivity index (χ3v) is 11.4. The number of rotatable bonds is 10. The van der Waals surface area contributed by atoms with Crippen LogP contribution in [0, 0.1) is 11.8 Å². The quantitative estimate of drug-likeness (QED) is 0.138. The topological polar surface area (TPSA) is 104 Å². The molecule has 0 unspecified atom stereocenters. The van der Waals surface area contributed by atoms with Crippen LogP contribution in [0.3, 0.4) is 0 Å². The van der Waals surface area contributed by atoms with Crippen LogP contribution in [0.1, 0.15) is 83.8 Å². The molecule has 2 N–H and O–H groups in total. The number of aromatic amines is 2. The molecule has 4 heterocycles. The van der Waals surface area contributed by atoms with Gasteiger partial charge in [0.2, 0.25) is 11.8 Å². The van der Waals surface area contributed by atoms with Crippen LogP contribution in [0.2, 0.25) is 0 Å². The fourth-order valence-corrected chi connectivity index (χ4v) is 8.45. The Labute approximate surface area is 340 Å². The lowest BCUT2D eigenvalue weighted by atomic mass is 10.0. The molecule has 0 radical (unpaired) electrons. The van der Waals surface area contributed by atoms with Crippen molar-refractivity contribution in [2.75, 3.05) is 41.3 Å². The molecule has 10 heteroatoms. The van der Waals surface area contributed by atoms with Crippen molar-refractivity contribution in [3.05, 3.63) is 155 Å². The van der Waals surface area contributed by atoms with Gasteiger partial charge in [0.15, 0.2) is 0 Å². The zero-order valence-electron chi connectivity index (χ0n) is 33.6. The van der Waals surface area contributed by atoms with Crippen molar-refractivity contribution in [2.24, 2.45) is 0 Å². The number of likely N-dealkylation sites (N-methyl/N-ethyl adjacent to an activating group) is 2. The Kier molecular flexibility index (Phi) is 11.4. The summed E-state index contributed by atoms with van der Waals surface area (Å²) < 4.78 is 0. The minimum absolute atomic E-state index is 0.0889. The van der Waals surface area contributed by atoms with Gasteiger partial charge in [-0.3, -0.25) is 19.4 Å². The lowest BCUT2D eigenvalue weighted by molar-refractivity contribution is -0.138. The predicted octanol–water partition coefficient (Wildman–Crippen LogP) is 7.80. The molecule has 294 valence electrons. The molecule has 0 saturated carbocycles. The van der Waals surface area contributed by atoms with E-state index in [1.165, 1.54) is 0 Å². The number of carbonyl (C=O) groups is 2. The molecule has 6 aromatic rings. The van der Waals surface area contributed by atoms with E-state index in [2.05, 4.69) is 46.1 Å². The normalized spacial score (nSPS) is 17.7. The smallest absolute Gasteiger partial charge is 0.245 e. The number of imidazole rings is 2. The monoisotopic (exact) mass is 770 g/mol. The van der Waals surface area contributed by atoms with E-state index in [1.807, 2.05) is 145 Å². The van der Waals surface area contributed by atoms with Crippen LogP contribution < -0.4 is 0 Å². The zero-order valence-corrected chi connectivity index (χ0v) is 33.6. The number of hydrogen-bond donors (Lipinski definition) is 2. The molecule has 2 amide bonds. The molecule has 0 aliphatic carbocycles. The number of hydrogen-bond acceptors (Lipinski definition) is 6. The summed E-state index contributed by atoms with van der Waals surface area (Å²) in [6.45, 7) is 1.43. The molecule has 2 aromatic heterocycles. The van der Waals surface area contributed by atoms with E-state index < -0.39 is 0 Å². The van der Waals surface area contributed by atoms with Crippen molar-refractivity contribution >= 4 is 11.8 Å².